The Kier molecular flexibility index (Phi) is 6.21. The van der Waals surface area contributed by atoms with Crippen molar-refractivity contribution in [3.63, 3.8) is 0 Å². The second-order valence-corrected chi connectivity index (χ2v) is 6.31. The number of halogens is 2. The molecule has 1 aromatic rings. The SMILES string of the molecule is O=C(O)NCCC[C@@](O)(c1cccc(Cl)c1F)[C@@H]1CCCNC1. The van der Waals surface area contributed by atoms with Gasteiger partial charge in [-0.25, -0.2) is 9.18 Å². The first-order valence-corrected chi connectivity index (χ1v) is 8.17. The number of aliphatic hydroxyl groups is 1. The first-order valence-electron chi connectivity index (χ1n) is 7.79. The predicted octanol–water partition coefficient (Wildman–Crippen LogP) is 2.71. The molecule has 1 aromatic carbocycles. The Labute approximate surface area is 139 Å². The van der Waals surface area contributed by atoms with Gasteiger partial charge < -0.3 is 20.8 Å². The molecule has 23 heavy (non-hydrogen) atoms. The number of benzene rings is 1. The van der Waals surface area contributed by atoms with E-state index in [1.165, 1.54) is 6.07 Å². The molecule has 1 amide bonds. The molecular formula is C16H22ClFN2O3. The lowest BCUT2D eigenvalue weighted by atomic mass is 9.74. The van der Waals surface area contributed by atoms with Crippen LogP contribution in [0.3, 0.4) is 0 Å². The molecule has 1 aliphatic heterocycles. The minimum atomic E-state index is -1.37. The van der Waals surface area contributed by atoms with Crippen LogP contribution in [0.4, 0.5) is 9.18 Å². The zero-order valence-electron chi connectivity index (χ0n) is 12.8. The lowest BCUT2D eigenvalue weighted by Crippen LogP contribution is -2.45. The van der Waals surface area contributed by atoms with Crippen molar-refractivity contribution in [2.24, 2.45) is 5.92 Å². The summed E-state index contributed by atoms with van der Waals surface area (Å²) in [6.07, 6.45) is 1.24. The van der Waals surface area contributed by atoms with Gasteiger partial charge in [0, 0.05) is 24.6 Å². The molecule has 7 heteroatoms. The van der Waals surface area contributed by atoms with Crippen molar-refractivity contribution in [2.75, 3.05) is 19.6 Å². The van der Waals surface area contributed by atoms with E-state index in [-0.39, 0.29) is 29.5 Å². The molecule has 0 saturated carbocycles. The van der Waals surface area contributed by atoms with Gasteiger partial charge >= 0.3 is 6.09 Å². The molecule has 1 fully saturated rings. The summed E-state index contributed by atoms with van der Waals surface area (Å²) in [5.74, 6) is -0.748. The van der Waals surface area contributed by atoms with Crippen LogP contribution in [0.2, 0.25) is 5.02 Å². The van der Waals surface area contributed by atoms with Gasteiger partial charge in [0.2, 0.25) is 0 Å². The molecule has 0 bridgehead atoms. The van der Waals surface area contributed by atoms with E-state index in [0.717, 1.165) is 19.4 Å². The highest BCUT2D eigenvalue weighted by atomic mass is 35.5. The van der Waals surface area contributed by atoms with Crippen molar-refractivity contribution < 1.29 is 19.4 Å². The van der Waals surface area contributed by atoms with Crippen LogP contribution in [-0.2, 0) is 5.60 Å². The number of carboxylic acid groups (broad SMARTS) is 1. The highest BCUT2D eigenvalue weighted by Crippen LogP contribution is 2.40. The quantitative estimate of drug-likeness (QED) is 0.598. The van der Waals surface area contributed by atoms with Crippen molar-refractivity contribution in [1.29, 1.82) is 0 Å². The van der Waals surface area contributed by atoms with Gasteiger partial charge in [-0.3, -0.25) is 0 Å². The molecule has 2 atom stereocenters. The third-order valence-electron chi connectivity index (χ3n) is 4.40. The lowest BCUT2D eigenvalue weighted by Gasteiger charge is -2.39. The molecule has 1 saturated heterocycles. The van der Waals surface area contributed by atoms with Crippen LogP contribution in [0.1, 0.15) is 31.2 Å². The average molecular weight is 345 g/mol. The first kappa shape index (κ1) is 18.0. The highest BCUT2D eigenvalue weighted by Gasteiger charge is 2.40. The molecule has 128 valence electrons. The summed E-state index contributed by atoms with van der Waals surface area (Å²) in [6, 6.07) is 4.63. The summed E-state index contributed by atoms with van der Waals surface area (Å²) < 4.78 is 14.5. The van der Waals surface area contributed by atoms with Gasteiger partial charge in [-0.15, -0.1) is 0 Å². The number of nitrogens with one attached hydrogen (secondary N) is 2. The maximum Gasteiger partial charge on any atom is 0.404 e. The fraction of sp³-hybridized carbons (Fsp3) is 0.562. The largest absolute Gasteiger partial charge is 0.465 e. The molecule has 0 aromatic heterocycles. The summed E-state index contributed by atoms with van der Waals surface area (Å²) in [7, 11) is 0. The number of carbonyl (C=O) groups is 1. The van der Waals surface area contributed by atoms with Crippen LogP contribution < -0.4 is 10.6 Å². The van der Waals surface area contributed by atoms with E-state index in [9.17, 15) is 14.3 Å². The van der Waals surface area contributed by atoms with Crippen LogP contribution in [-0.4, -0.2) is 35.9 Å². The van der Waals surface area contributed by atoms with Gasteiger partial charge in [-0.05, 0) is 38.3 Å². The van der Waals surface area contributed by atoms with Crippen LogP contribution in [0, 0.1) is 11.7 Å². The monoisotopic (exact) mass is 344 g/mol. The van der Waals surface area contributed by atoms with Crippen molar-refractivity contribution >= 4 is 17.7 Å². The second-order valence-electron chi connectivity index (χ2n) is 5.90. The fourth-order valence-corrected chi connectivity index (χ4v) is 3.38. The Balaban J connectivity index is 2.22. The van der Waals surface area contributed by atoms with Crippen LogP contribution in [0.5, 0.6) is 0 Å². The van der Waals surface area contributed by atoms with Crippen molar-refractivity contribution in [3.05, 3.63) is 34.6 Å². The van der Waals surface area contributed by atoms with E-state index in [4.69, 9.17) is 16.7 Å². The van der Waals surface area contributed by atoms with Gasteiger partial charge in [0.15, 0.2) is 0 Å². The highest BCUT2D eigenvalue weighted by molar-refractivity contribution is 6.30. The number of rotatable bonds is 6. The van der Waals surface area contributed by atoms with Gasteiger partial charge in [0.05, 0.1) is 10.6 Å². The Morgan fingerprint density at radius 3 is 2.96 bits per heavy atom. The van der Waals surface area contributed by atoms with Crippen molar-refractivity contribution in [3.8, 4) is 0 Å². The Bertz CT molecular complexity index is 552. The average Bonchev–Trinajstić information content (AvgIpc) is 2.54. The number of hydrogen-bond donors (Lipinski definition) is 4. The minimum Gasteiger partial charge on any atom is -0.465 e. The maximum atomic E-state index is 14.5. The lowest BCUT2D eigenvalue weighted by molar-refractivity contribution is -0.0447. The Morgan fingerprint density at radius 2 is 2.30 bits per heavy atom. The molecule has 2 rings (SSSR count). The van der Waals surface area contributed by atoms with Gasteiger partial charge in [0.25, 0.3) is 0 Å². The molecule has 1 heterocycles. The fourth-order valence-electron chi connectivity index (χ4n) is 3.21. The first-order chi connectivity index (χ1) is 10.9. The van der Waals surface area contributed by atoms with E-state index in [1.54, 1.807) is 12.1 Å². The molecule has 1 aliphatic rings. The molecule has 0 spiro atoms. The molecular weight excluding hydrogens is 323 g/mol. The summed E-state index contributed by atoms with van der Waals surface area (Å²) in [5.41, 5.74) is -1.18. The molecule has 0 unspecified atom stereocenters. The van der Waals surface area contributed by atoms with Crippen molar-refractivity contribution in [2.45, 2.75) is 31.3 Å². The van der Waals surface area contributed by atoms with Gasteiger partial charge in [0.1, 0.15) is 5.82 Å². The summed E-state index contributed by atoms with van der Waals surface area (Å²) in [5, 5.41) is 25.4. The standard InChI is InChI=1S/C16H22ClFN2O3/c17-13-6-1-5-12(14(13)18)16(23,7-3-9-20-15(21)22)11-4-2-8-19-10-11/h1,5-6,11,19-20,23H,2-4,7-10H2,(H,21,22)/t11-,16+/m1/s1. The van der Waals surface area contributed by atoms with Crippen LogP contribution in [0.25, 0.3) is 0 Å². The molecule has 0 aliphatic carbocycles. The van der Waals surface area contributed by atoms with Gasteiger partial charge in [-0.2, -0.15) is 0 Å². The second kappa shape index (κ2) is 7.95. The molecule has 5 nitrogen and oxygen atoms in total. The van der Waals surface area contributed by atoms with E-state index in [1.807, 2.05) is 0 Å². The number of amides is 1. The maximum absolute atomic E-state index is 14.5. The zero-order chi connectivity index (χ0) is 16.9. The zero-order valence-corrected chi connectivity index (χ0v) is 13.6. The summed E-state index contributed by atoms with van der Waals surface area (Å²) in [4.78, 5) is 10.5. The van der Waals surface area contributed by atoms with E-state index in [2.05, 4.69) is 10.6 Å². The molecule has 0 radical (unpaired) electrons. The van der Waals surface area contributed by atoms with E-state index in [0.29, 0.717) is 13.0 Å². The minimum absolute atomic E-state index is 0.0200. The Morgan fingerprint density at radius 1 is 1.52 bits per heavy atom. The number of hydrogen-bond acceptors (Lipinski definition) is 3. The molecule has 4 N–H and O–H groups in total. The smallest absolute Gasteiger partial charge is 0.404 e. The Hall–Kier alpha value is -1.37. The van der Waals surface area contributed by atoms with Crippen LogP contribution >= 0.6 is 11.6 Å². The van der Waals surface area contributed by atoms with Gasteiger partial charge in [-0.1, -0.05) is 23.7 Å². The summed E-state index contributed by atoms with van der Waals surface area (Å²) >= 11 is 5.87. The van der Waals surface area contributed by atoms with Crippen molar-refractivity contribution in [1.82, 2.24) is 10.6 Å². The predicted molar refractivity (Wildman–Crippen MR) is 86.2 cm³/mol. The third-order valence-corrected chi connectivity index (χ3v) is 4.69. The van der Waals surface area contributed by atoms with E-state index >= 15 is 0 Å². The normalized spacial score (nSPS) is 20.7. The topological polar surface area (TPSA) is 81.6 Å². The third kappa shape index (κ3) is 4.34. The van der Waals surface area contributed by atoms with E-state index < -0.39 is 17.5 Å². The van der Waals surface area contributed by atoms with Crippen LogP contribution in [0.15, 0.2) is 18.2 Å². The summed E-state index contributed by atoms with van der Waals surface area (Å²) in [6.45, 7) is 1.68. The number of piperidine rings is 1.